The Bertz CT molecular complexity index is 842. The van der Waals surface area contributed by atoms with Crippen molar-refractivity contribution in [3.63, 3.8) is 0 Å². The molecule has 94 valence electrons. The minimum atomic E-state index is 0.624. The second-order valence-electron chi connectivity index (χ2n) is 3.85. The number of fused-ring (bicyclic) bond motifs is 1. The van der Waals surface area contributed by atoms with Gasteiger partial charge in [0.05, 0.1) is 4.88 Å². The Kier molecular flexibility index (Phi) is 2.26. The molecule has 19 heavy (non-hydrogen) atoms. The highest BCUT2D eigenvalue weighted by atomic mass is 32.1. The van der Waals surface area contributed by atoms with Crippen LogP contribution in [-0.2, 0) is 0 Å². The molecule has 0 N–H and O–H groups in total. The second kappa shape index (κ2) is 3.97. The van der Waals surface area contributed by atoms with Crippen LogP contribution in [0, 0.1) is 6.92 Å². The average molecular weight is 289 g/mol. The Hall–Kier alpha value is -2.06. The van der Waals surface area contributed by atoms with Gasteiger partial charge in [-0.25, -0.2) is 4.98 Å². The van der Waals surface area contributed by atoms with Crippen molar-refractivity contribution in [1.82, 2.24) is 24.8 Å². The summed E-state index contributed by atoms with van der Waals surface area (Å²) in [5.41, 5.74) is 0.727. The Morgan fingerprint density at radius 2 is 2.26 bits per heavy atom. The molecule has 0 aromatic carbocycles. The molecular formula is C11H7N5OS2. The number of hydrogen-bond acceptors (Lipinski definition) is 7. The lowest BCUT2D eigenvalue weighted by Crippen LogP contribution is -1.89. The molecule has 0 saturated heterocycles. The minimum Gasteiger partial charge on any atom is -0.449 e. The van der Waals surface area contributed by atoms with E-state index in [0.29, 0.717) is 5.89 Å². The van der Waals surface area contributed by atoms with Gasteiger partial charge in [0.25, 0.3) is 0 Å². The highest BCUT2D eigenvalue weighted by molar-refractivity contribution is 7.19. The van der Waals surface area contributed by atoms with Crippen LogP contribution in [0.3, 0.4) is 0 Å². The fourth-order valence-corrected chi connectivity index (χ4v) is 3.22. The molecule has 0 atom stereocenters. The van der Waals surface area contributed by atoms with Gasteiger partial charge in [-0.15, -0.1) is 21.5 Å². The first kappa shape index (κ1) is 10.8. The number of hydrogen-bond donors (Lipinski definition) is 0. The van der Waals surface area contributed by atoms with Gasteiger partial charge in [-0.1, -0.05) is 17.4 Å². The quantitative estimate of drug-likeness (QED) is 0.567. The molecule has 0 radical (unpaired) electrons. The normalized spacial score (nSPS) is 11.4. The zero-order chi connectivity index (χ0) is 12.8. The Morgan fingerprint density at radius 3 is 3.00 bits per heavy atom. The van der Waals surface area contributed by atoms with Gasteiger partial charge in [0.15, 0.2) is 16.7 Å². The molecule has 6 nitrogen and oxygen atoms in total. The van der Waals surface area contributed by atoms with E-state index in [9.17, 15) is 0 Å². The van der Waals surface area contributed by atoms with E-state index in [0.717, 1.165) is 26.4 Å². The number of nitrogens with zero attached hydrogens (tertiary/aromatic N) is 5. The summed E-state index contributed by atoms with van der Waals surface area (Å²) in [6, 6.07) is 3.98. The van der Waals surface area contributed by atoms with Gasteiger partial charge in [-0.05, 0) is 11.4 Å². The second-order valence-corrected chi connectivity index (χ2v) is 5.76. The molecule has 4 rings (SSSR count). The van der Waals surface area contributed by atoms with Gasteiger partial charge in [-0.3, -0.25) is 0 Å². The van der Waals surface area contributed by atoms with Crippen LogP contribution >= 0.6 is 22.7 Å². The standard InChI is InChI=1S/C11H7N5OS2/c1-6-12-7(5-17-6)10-15-16-9(8-3-2-4-18-8)13-14-11(16)19-10/h2-5H,1H3. The summed E-state index contributed by atoms with van der Waals surface area (Å²) in [5, 5.41) is 15.6. The predicted octanol–water partition coefficient (Wildman–Crippen LogP) is 2.88. The highest BCUT2D eigenvalue weighted by Gasteiger charge is 2.16. The van der Waals surface area contributed by atoms with E-state index >= 15 is 0 Å². The number of thiophene rings is 1. The van der Waals surface area contributed by atoms with Gasteiger partial charge < -0.3 is 4.42 Å². The predicted molar refractivity (Wildman–Crippen MR) is 72.2 cm³/mol. The lowest BCUT2D eigenvalue weighted by atomic mass is 10.4. The number of aromatic nitrogens is 5. The van der Waals surface area contributed by atoms with Crippen molar-refractivity contribution in [2.24, 2.45) is 0 Å². The molecule has 4 heterocycles. The molecule has 0 spiro atoms. The van der Waals surface area contributed by atoms with E-state index in [1.807, 2.05) is 17.5 Å². The Morgan fingerprint density at radius 1 is 1.32 bits per heavy atom. The van der Waals surface area contributed by atoms with Crippen molar-refractivity contribution in [3.05, 3.63) is 29.7 Å². The third-order valence-electron chi connectivity index (χ3n) is 2.57. The molecule has 0 unspecified atom stereocenters. The van der Waals surface area contributed by atoms with Crippen molar-refractivity contribution in [2.75, 3.05) is 0 Å². The van der Waals surface area contributed by atoms with Crippen molar-refractivity contribution in [1.29, 1.82) is 0 Å². The summed E-state index contributed by atoms with van der Waals surface area (Å²) in [5.74, 6) is 1.38. The highest BCUT2D eigenvalue weighted by Crippen LogP contribution is 2.29. The Balaban J connectivity index is 1.89. The molecule has 0 amide bonds. The largest absolute Gasteiger partial charge is 0.449 e. The van der Waals surface area contributed by atoms with Crippen LogP contribution in [0.2, 0.25) is 0 Å². The van der Waals surface area contributed by atoms with E-state index in [1.54, 1.807) is 29.0 Å². The summed E-state index contributed by atoms with van der Waals surface area (Å²) in [7, 11) is 0. The first-order valence-electron chi connectivity index (χ1n) is 5.50. The van der Waals surface area contributed by atoms with Crippen LogP contribution in [0.25, 0.3) is 26.4 Å². The van der Waals surface area contributed by atoms with Gasteiger partial charge in [-0.2, -0.15) is 9.61 Å². The van der Waals surface area contributed by atoms with Gasteiger partial charge in [0, 0.05) is 6.92 Å². The van der Waals surface area contributed by atoms with Crippen LogP contribution in [-0.4, -0.2) is 24.8 Å². The van der Waals surface area contributed by atoms with Crippen molar-refractivity contribution in [3.8, 4) is 21.4 Å². The summed E-state index contributed by atoms with van der Waals surface area (Å²) < 4.78 is 6.95. The van der Waals surface area contributed by atoms with Crippen LogP contribution < -0.4 is 0 Å². The number of rotatable bonds is 2. The molecular weight excluding hydrogens is 282 g/mol. The lowest BCUT2D eigenvalue weighted by Gasteiger charge is -1.89. The molecule has 0 aliphatic rings. The Labute approximate surface area is 115 Å². The van der Waals surface area contributed by atoms with Crippen LogP contribution in [0.5, 0.6) is 0 Å². The summed E-state index contributed by atoms with van der Waals surface area (Å²) >= 11 is 3.05. The minimum absolute atomic E-state index is 0.624. The van der Waals surface area contributed by atoms with Crippen LogP contribution in [0.15, 0.2) is 28.2 Å². The first-order chi connectivity index (χ1) is 9.31. The van der Waals surface area contributed by atoms with Crippen molar-refractivity contribution < 1.29 is 4.42 Å². The first-order valence-corrected chi connectivity index (χ1v) is 7.19. The lowest BCUT2D eigenvalue weighted by molar-refractivity contribution is 0.521. The fourth-order valence-electron chi connectivity index (χ4n) is 1.74. The third kappa shape index (κ3) is 1.68. The molecule has 0 saturated carbocycles. The summed E-state index contributed by atoms with van der Waals surface area (Å²) in [6.45, 7) is 1.81. The summed E-state index contributed by atoms with van der Waals surface area (Å²) in [6.07, 6.45) is 1.60. The van der Waals surface area contributed by atoms with Crippen molar-refractivity contribution in [2.45, 2.75) is 6.92 Å². The molecule has 4 aromatic heterocycles. The van der Waals surface area contributed by atoms with E-state index in [-0.39, 0.29) is 0 Å². The number of oxazole rings is 1. The van der Waals surface area contributed by atoms with Crippen LogP contribution in [0.1, 0.15) is 5.89 Å². The molecule has 0 aliphatic carbocycles. The maximum atomic E-state index is 5.21. The number of aryl methyl sites for hydroxylation is 1. The molecule has 0 fully saturated rings. The summed E-state index contributed by atoms with van der Waals surface area (Å²) in [4.78, 5) is 6.06. The van der Waals surface area contributed by atoms with E-state index in [1.165, 1.54) is 11.3 Å². The fraction of sp³-hybridized carbons (Fsp3) is 0.0909. The topological polar surface area (TPSA) is 69.1 Å². The molecule has 4 aromatic rings. The maximum absolute atomic E-state index is 5.21. The van der Waals surface area contributed by atoms with E-state index in [4.69, 9.17) is 4.42 Å². The van der Waals surface area contributed by atoms with Crippen molar-refractivity contribution >= 4 is 27.6 Å². The van der Waals surface area contributed by atoms with E-state index in [2.05, 4.69) is 20.3 Å². The van der Waals surface area contributed by atoms with Crippen LogP contribution in [0.4, 0.5) is 0 Å². The average Bonchev–Trinajstić information content (AvgIpc) is 3.11. The smallest absolute Gasteiger partial charge is 0.235 e. The van der Waals surface area contributed by atoms with E-state index < -0.39 is 0 Å². The maximum Gasteiger partial charge on any atom is 0.235 e. The SMILES string of the molecule is Cc1nc(-c2nn3c(-c4cccs4)nnc3s2)co1. The molecule has 0 bridgehead atoms. The molecule has 0 aliphatic heterocycles. The van der Waals surface area contributed by atoms with Gasteiger partial charge in [0.2, 0.25) is 4.96 Å². The zero-order valence-electron chi connectivity index (χ0n) is 9.77. The van der Waals surface area contributed by atoms with Gasteiger partial charge >= 0.3 is 0 Å². The zero-order valence-corrected chi connectivity index (χ0v) is 11.4. The van der Waals surface area contributed by atoms with Gasteiger partial charge in [0.1, 0.15) is 12.0 Å². The third-order valence-corrected chi connectivity index (χ3v) is 4.36. The molecule has 8 heteroatoms. The monoisotopic (exact) mass is 289 g/mol.